The summed E-state index contributed by atoms with van der Waals surface area (Å²) in [4.78, 5) is 28.9. The number of anilines is 2. The molecule has 2 amide bonds. The zero-order chi connectivity index (χ0) is 20.1. The summed E-state index contributed by atoms with van der Waals surface area (Å²) >= 11 is 0. The Balaban J connectivity index is 1.76. The van der Waals surface area contributed by atoms with Crippen LogP contribution >= 0.6 is 0 Å². The highest BCUT2D eigenvalue weighted by molar-refractivity contribution is 6.08. The van der Waals surface area contributed by atoms with Crippen molar-refractivity contribution in [3.63, 3.8) is 0 Å². The SMILES string of the molecule is COc1ccc(NC(=O)c2cncc(C(=O)Nc3cc(C)on3)c2)c(OC)c1. The lowest BCUT2D eigenvalue weighted by atomic mass is 10.1. The molecule has 0 atom stereocenters. The molecule has 3 aromatic rings. The molecule has 0 saturated heterocycles. The first-order valence-corrected chi connectivity index (χ1v) is 8.23. The summed E-state index contributed by atoms with van der Waals surface area (Å²) in [6.45, 7) is 1.71. The van der Waals surface area contributed by atoms with Gasteiger partial charge in [0.15, 0.2) is 5.82 Å². The van der Waals surface area contributed by atoms with Gasteiger partial charge in [0.25, 0.3) is 11.8 Å². The summed E-state index contributed by atoms with van der Waals surface area (Å²) in [5.41, 5.74) is 0.873. The first kappa shape index (κ1) is 18.9. The minimum absolute atomic E-state index is 0.204. The maximum atomic E-state index is 12.6. The Morgan fingerprint density at radius 3 is 2.29 bits per heavy atom. The fourth-order valence-corrected chi connectivity index (χ4v) is 2.40. The molecule has 2 aromatic heterocycles. The van der Waals surface area contributed by atoms with Crippen LogP contribution in [0.2, 0.25) is 0 Å². The van der Waals surface area contributed by atoms with E-state index in [0.29, 0.717) is 22.9 Å². The summed E-state index contributed by atoms with van der Waals surface area (Å²) in [6.07, 6.45) is 2.72. The van der Waals surface area contributed by atoms with Gasteiger partial charge in [-0.1, -0.05) is 5.16 Å². The Morgan fingerprint density at radius 2 is 1.68 bits per heavy atom. The highest BCUT2D eigenvalue weighted by atomic mass is 16.5. The van der Waals surface area contributed by atoms with Crippen molar-refractivity contribution in [3.8, 4) is 11.5 Å². The molecule has 0 spiro atoms. The van der Waals surface area contributed by atoms with Gasteiger partial charge in [-0.3, -0.25) is 14.6 Å². The van der Waals surface area contributed by atoms with Crippen LogP contribution in [-0.4, -0.2) is 36.2 Å². The van der Waals surface area contributed by atoms with Crippen LogP contribution in [0, 0.1) is 6.92 Å². The van der Waals surface area contributed by atoms with E-state index in [2.05, 4.69) is 20.8 Å². The molecule has 28 heavy (non-hydrogen) atoms. The largest absolute Gasteiger partial charge is 0.497 e. The Labute approximate surface area is 160 Å². The Kier molecular flexibility index (Phi) is 5.54. The van der Waals surface area contributed by atoms with E-state index in [0.717, 1.165) is 0 Å². The predicted octanol–water partition coefficient (Wildman–Crippen LogP) is 2.90. The Bertz CT molecular complexity index is 1020. The van der Waals surface area contributed by atoms with Gasteiger partial charge in [0.1, 0.15) is 17.3 Å². The van der Waals surface area contributed by atoms with E-state index in [1.54, 1.807) is 31.2 Å². The molecule has 1 aromatic carbocycles. The highest BCUT2D eigenvalue weighted by Crippen LogP contribution is 2.29. The number of benzene rings is 1. The third-order valence-corrected chi connectivity index (χ3v) is 3.79. The number of carbonyl (C=O) groups excluding carboxylic acids is 2. The second kappa shape index (κ2) is 8.21. The van der Waals surface area contributed by atoms with Crippen LogP contribution in [0.25, 0.3) is 0 Å². The van der Waals surface area contributed by atoms with E-state index in [1.807, 2.05) is 0 Å². The number of hydrogen-bond donors (Lipinski definition) is 2. The lowest BCUT2D eigenvalue weighted by Crippen LogP contribution is -2.16. The number of ether oxygens (including phenoxy) is 2. The lowest BCUT2D eigenvalue weighted by molar-refractivity contribution is 0.102. The van der Waals surface area contributed by atoms with Crippen molar-refractivity contribution in [2.45, 2.75) is 6.92 Å². The molecular formula is C19H18N4O5. The van der Waals surface area contributed by atoms with E-state index >= 15 is 0 Å². The van der Waals surface area contributed by atoms with Gasteiger partial charge < -0.3 is 24.6 Å². The molecule has 0 radical (unpaired) electrons. The van der Waals surface area contributed by atoms with Crippen LogP contribution in [0.5, 0.6) is 11.5 Å². The number of rotatable bonds is 6. The van der Waals surface area contributed by atoms with Crippen molar-refractivity contribution in [2.24, 2.45) is 0 Å². The van der Waals surface area contributed by atoms with Crippen molar-refractivity contribution in [1.29, 1.82) is 0 Å². The van der Waals surface area contributed by atoms with Gasteiger partial charge in [-0.25, -0.2) is 0 Å². The molecule has 0 aliphatic heterocycles. The second-order valence-electron chi connectivity index (χ2n) is 5.76. The zero-order valence-electron chi connectivity index (χ0n) is 15.5. The molecule has 2 N–H and O–H groups in total. The molecule has 0 bridgehead atoms. The predicted molar refractivity (Wildman–Crippen MR) is 101 cm³/mol. The summed E-state index contributed by atoms with van der Waals surface area (Å²) in [7, 11) is 3.03. The molecule has 0 saturated carbocycles. The fourth-order valence-electron chi connectivity index (χ4n) is 2.40. The van der Waals surface area contributed by atoms with E-state index in [9.17, 15) is 9.59 Å². The van der Waals surface area contributed by atoms with Crippen LogP contribution in [-0.2, 0) is 0 Å². The van der Waals surface area contributed by atoms with Gasteiger partial charge in [0, 0.05) is 24.5 Å². The monoisotopic (exact) mass is 382 g/mol. The molecule has 9 heteroatoms. The van der Waals surface area contributed by atoms with Crippen LogP contribution < -0.4 is 20.1 Å². The molecule has 0 fully saturated rings. The molecule has 3 rings (SSSR count). The third-order valence-electron chi connectivity index (χ3n) is 3.79. The normalized spacial score (nSPS) is 10.2. The van der Waals surface area contributed by atoms with E-state index < -0.39 is 11.8 Å². The number of methoxy groups -OCH3 is 2. The maximum absolute atomic E-state index is 12.6. The lowest BCUT2D eigenvalue weighted by Gasteiger charge is -2.12. The number of aryl methyl sites for hydroxylation is 1. The van der Waals surface area contributed by atoms with Gasteiger partial charge in [-0.2, -0.15) is 0 Å². The van der Waals surface area contributed by atoms with Gasteiger partial charge in [0.05, 0.1) is 31.0 Å². The number of amides is 2. The molecule has 144 valence electrons. The highest BCUT2D eigenvalue weighted by Gasteiger charge is 2.15. The second-order valence-corrected chi connectivity index (χ2v) is 5.76. The molecular weight excluding hydrogens is 364 g/mol. The molecule has 0 aliphatic rings. The van der Waals surface area contributed by atoms with E-state index in [4.69, 9.17) is 14.0 Å². The smallest absolute Gasteiger partial charge is 0.258 e. The van der Waals surface area contributed by atoms with Crippen LogP contribution in [0.3, 0.4) is 0 Å². The summed E-state index contributed by atoms with van der Waals surface area (Å²) < 4.78 is 15.3. The van der Waals surface area contributed by atoms with Crippen molar-refractivity contribution < 1.29 is 23.6 Å². The van der Waals surface area contributed by atoms with Crippen molar-refractivity contribution >= 4 is 23.3 Å². The number of aromatic nitrogens is 2. The summed E-state index contributed by atoms with van der Waals surface area (Å²) in [6, 6.07) is 8.02. The van der Waals surface area contributed by atoms with Crippen LogP contribution in [0.1, 0.15) is 26.5 Å². The summed E-state index contributed by atoms with van der Waals surface area (Å²) in [5, 5.41) is 9.00. The minimum atomic E-state index is -0.461. The number of nitrogens with zero attached hydrogens (tertiary/aromatic N) is 2. The number of hydrogen-bond acceptors (Lipinski definition) is 7. The van der Waals surface area contributed by atoms with E-state index in [-0.39, 0.29) is 16.9 Å². The Hall–Kier alpha value is -3.88. The van der Waals surface area contributed by atoms with Gasteiger partial charge in [-0.05, 0) is 25.1 Å². The summed E-state index contributed by atoms with van der Waals surface area (Å²) in [5.74, 6) is 0.977. The molecule has 9 nitrogen and oxygen atoms in total. The molecule has 2 heterocycles. The van der Waals surface area contributed by atoms with Gasteiger partial charge in [-0.15, -0.1) is 0 Å². The van der Waals surface area contributed by atoms with Gasteiger partial charge >= 0.3 is 0 Å². The Morgan fingerprint density at radius 1 is 0.964 bits per heavy atom. The maximum Gasteiger partial charge on any atom is 0.258 e. The zero-order valence-corrected chi connectivity index (χ0v) is 15.5. The topological polar surface area (TPSA) is 116 Å². The third kappa shape index (κ3) is 4.26. The quantitative estimate of drug-likeness (QED) is 0.673. The molecule has 0 aliphatic carbocycles. The van der Waals surface area contributed by atoms with Crippen LogP contribution in [0.4, 0.5) is 11.5 Å². The van der Waals surface area contributed by atoms with E-state index in [1.165, 1.54) is 32.7 Å². The number of carbonyl (C=O) groups is 2. The first-order valence-electron chi connectivity index (χ1n) is 8.23. The minimum Gasteiger partial charge on any atom is -0.497 e. The average molecular weight is 382 g/mol. The standard InChI is InChI=1S/C19H18N4O5/c1-11-6-17(23-28-11)22-19(25)13-7-12(9-20-10-13)18(24)21-15-5-4-14(26-2)8-16(15)27-3/h4-10H,1-3H3,(H,21,24)(H,22,23,25). The van der Waals surface area contributed by atoms with Crippen molar-refractivity contribution in [2.75, 3.05) is 24.9 Å². The number of nitrogens with one attached hydrogen (secondary N) is 2. The number of pyridine rings is 1. The fraction of sp³-hybridized carbons (Fsp3) is 0.158. The van der Waals surface area contributed by atoms with Crippen LogP contribution in [0.15, 0.2) is 47.2 Å². The average Bonchev–Trinajstić information content (AvgIpc) is 3.12. The van der Waals surface area contributed by atoms with Crippen molar-refractivity contribution in [1.82, 2.24) is 10.1 Å². The molecule has 0 unspecified atom stereocenters. The first-order chi connectivity index (χ1) is 13.5. The van der Waals surface area contributed by atoms with Crippen molar-refractivity contribution in [3.05, 3.63) is 59.6 Å². The van der Waals surface area contributed by atoms with Gasteiger partial charge in [0.2, 0.25) is 0 Å².